The van der Waals surface area contributed by atoms with E-state index in [9.17, 15) is 0 Å². The number of halogens is 1. The Morgan fingerprint density at radius 2 is 2.11 bits per heavy atom. The highest BCUT2D eigenvalue weighted by atomic mass is 79.9. The van der Waals surface area contributed by atoms with E-state index in [-0.39, 0.29) is 0 Å². The standard InChI is InChI=1S/C15H23BrN2/c1-10(2)15-8-17-11(3)9-18(15)14-7-5-6-13(16)12(14)4/h5-7,10-11,15,17H,8-9H2,1-4H3. The summed E-state index contributed by atoms with van der Waals surface area (Å²) < 4.78 is 1.20. The quantitative estimate of drug-likeness (QED) is 0.898. The molecule has 0 aromatic heterocycles. The van der Waals surface area contributed by atoms with Gasteiger partial charge in [-0.05, 0) is 37.5 Å². The first kappa shape index (κ1) is 13.9. The Morgan fingerprint density at radius 1 is 1.39 bits per heavy atom. The van der Waals surface area contributed by atoms with Crippen molar-refractivity contribution in [2.75, 3.05) is 18.0 Å². The highest BCUT2D eigenvalue weighted by Crippen LogP contribution is 2.30. The van der Waals surface area contributed by atoms with Crippen LogP contribution in [-0.4, -0.2) is 25.2 Å². The maximum atomic E-state index is 3.64. The van der Waals surface area contributed by atoms with Crippen LogP contribution in [0.5, 0.6) is 0 Å². The Kier molecular flexibility index (Phi) is 4.33. The number of hydrogen-bond donors (Lipinski definition) is 1. The molecule has 0 saturated carbocycles. The van der Waals surface area contributed by atoms with Crippen molar-refractivity contribution in [3.8, 4) is 0 Å². The molecule has 1 aliphatic rings. The predicted molar refractivity (Wildman–Crippen MR) is 82.3 cm³/mol. The fraction of sp³-hybridized carbons (Fsp3) is 0.600. The summed E-state index contributed by atoms with van der Waals surface area (Å²) in [6.45, 7) is 11.2. The molecule has 2 atom stereocenters. The normalized spacial score (nSPS) is 24.7. The number of benzene rings is 1. The zero-order valence-electron chi connectivity index (χ0n) is 11.7. The van der Waals surface area contributed by atoms with E-state index in [1.165, 1.54) is 15.7 Å². The van der Waals surface area contributed by atoms with Gasteiger partial charge in [-0.3, -0.25) is 0 Å². The summed E-state index contributed by atoms with van der Waals surface area (Å²) in [5, 5.41) is 3.59. The van der Waals surface area contributed by atoms with Crippen molar-refractivity contribution in [1.29, 1.82) is 0 Å². The second-order valence-corrected chi connectivity index (χ2v) is 6.51. The molecule has 2 unspecified atom stereocenters. The predicted octanol–water partition coefficient (Wildman–Crippen LogP) is 3.58. The van der Waals surface area contributed by atoms with E-state index in [0.717, 1.165) is 13.1 Å². The number of hydrogen-bond acceptors (Lipinski definition) is 2. The van der Waals surface area contributed by atoms with Crippen LogP contribution in [0.25, 0.3) is 0 Å². The van der Waals surface area contributed by atoms with Crippen LogP contribution in [0.4, 0.5) is 5.69 Å². The Hall–Kier alpha value is -0.540. The summed E-state index contributed by atoms with van der Waals surface area (Å²) in [4.78, 5) is 2.58. The molecule has 1 aromatic rings. The smallest absolute Gasteiger partial charge is 0.0438 e. The molecule has 0 radical (unpaired) electrons. The topological polar surface area (TPSA) is 15.3 Å². The van der Waals surface area contributed by atoms with E-state index >= 15 is 0 Å². The van der Waals surface area contributed by atoms with E-state index in [0.29, 0.717) is 18.0 Å². The van der Waals surface area contributed by atoms with Crippen molar-refractivity contribution in [3.63, 3.8) is 0 Å². The van der Waals surface area contributed by atoms with E-state index in [1.807, 2.05) is 0 Å². The highest BCUT2D eigenvalue weighted by Gasteiger charge is 2.29. The highest BCUT2D eigenvalue weighted by molar-refractivity contribution is 9.10. The molecule has 18 heavy (non-hydrogen) atoms. The summed E-state index contributed by atoms with van der Waals surface area (Å²) in [6.07, 6.45) is 0. The minimum Gasteiger partial charge on any atom is -0.365 e. The van der Waals surface area contributed by atoms with Crippen molar-refractivity contribution in [2.24, 2.45) is 5.92 Å². The zero-order valence-corrected chi connectivity index (χ0v) is 13.3. The van der Waals surface area contributed by atoms with E-state index in [4.69, 9.17) is 0 Å². The lowest BCUT2D eigenvalue weighted by atomic mass is 9.97. The monoisotopic (exact) mass is 310 g/mol. The molecule has 100 valence electrons. The van der Waals surface area contributed by atoms with Crippen LogP contribution in [0, 0.1) is 12.8 Å². The summed E-state index contributed by atoms with van der Waals surface area (Å²) in [5.74, 6) is 0.656. The number of piperazine rings is 1. The Balaban J connectivity index is 2.35. The van der Waals surface area contributed by atoms with Crippen molar-refractivity contribution in [3.05, 3.63) is 28.2 Å². The van der Waals surface area contributed by atoms with Gasteiger partial charge in [-0.1, -0.05) is 35.8 Å². The van der Waals surface area contributed by atoms with E-state index in [1.54, 1.807) is 0 Å². The average molecular weight is 311 g/mol. The molecule has 1 saturated heterocycles. The molecular weight excluding hydrogens is 288 g/mol. The number of anilines is 1. The summed E-state index contributed by atoms with van der Waals surface area (Å²) in [7, 11) is 0. The Morgan fingerprint density at radius 3 is 2.78 bits per heavy atom. The molecule has 0 bridgehead atoms. The largest absolute Gasteiger partial charge is 0.365 e. The third-order valence-corrected chi connectivity index (χ3v) is 4.72. The Bertz CT molecular complexity index is 417. The number of nitrogens with zero attached hydrogens (tertiary/aromatic N) is 1. The van der Waals surface area contributed by atoms with Gasteiger partial charge in [0.2, 0.25) is 0 Å². The molecule has 0 amide bonds. The number of nitrogens with one attached hydrogen (secondary N) is 1. The third-order valence-electron chi connectivity index (χ3n) is 3.86. The van der Waals surface area contributed by atoms with Crippen LogP contribution in [0.2, 0.25) is 0 Å². The fourth-order valence-electron chi connectivity index (χ4n) is 2.71. The zero-order chi connectivity index (χ0) is 13.3. The first-order chi connectivity index (χ1) is 8.50. The van der Waals surface area contributed by atoms with Crippen molar-refractivity contribution < 1.29 is 0 Å². The van der Waals surface area contributed by atoms with E-state index in [2.05, 4.69) is 72.0 Å². The maximum Gasteiger partial charge on any atom is 0.0438 e. The molecule has 0 aliphatic carbocycles. The summed E-state index contributed by atoms with van der Waals surface area (Å²) >= 11 is 3.64. The van der Waals surface area contributed by atoms with Crippen LogP contribution in [0.3, 0.4) is 0 Å². The van der Waals surface area contributed by atoms with Gasteiger partial charge in [0.05, 0.1) is 0 Å². The van der Waals surface area contributed by atoms with Crippen LogP contribution in [-0.2, 0) is 0 Å². The lowest BCUT2D eigenvalue weighted by molar-refractivity contribution is 0.349. The molecular formula is C15H23BrN2. The molecule has 1 fully saturated rings. The second kappa shape index (κ2) is 5.62. The van der Waals surface area contributed by atoms with Gasteiger partial charge in [-0.25, -0.2) is 0 Å². The number of rotatable bonds is 2. The van der Waals surface area contributed by atoms with Gasteiger partial charge in [0, 0.05) is 35.3 Å². The molecule has 0 spiro atoms. The molecule has 2 rings (SSSR count). The van der Waals surface area contributed by atoms with Gasteiger partial charge in [0.15, 0.2) is 0 Å². The average Bonchev–Trinajstić information content (AvgIpc) is 2.32. The minimum absolute atomic E-state index is 0.554. The minimum atomic E-state index is 0.554. The van der Waals surface area contributed by atoms with Gasteiger partial charge in [-0.2, -0.15) is 0 Å². The molecule has 3 heteroatoms. The van der Waals surface area contributed by atoms with Gasteiger partial charge in [-0.15, -0.1) is 0 Å². The summed E-state index contributed by atoms with van der Waals surface area (Å²) in [5.41, 5.74) is 2.72. The van der Waals surface area contributed by atoms with Crippen LogP contribution >= 0.6 is 15.9 Å². The lowest BCUT2D eigenvalue weighted by Crippen LogP contribution is -2.57. The molecule has 1 heterocycles. The van der Waals surface area contributed by atoms with Gasteiger partial charge in [0.25, 0.3) is 0 Å². The van der Waals surface area contributed by atoms with Crippen molar-refractivity contribution in [2.45, 2.75) is 39.8 Å². The maximum absolute atomic E-state index is 3.64. The third kappa shape index (κ3) is 2.72. The van der Waals surface area contributed by atoms with Crippen molar-refractivity contribution in [1.82, 2.24) is 5.32 Å². The molecule has 1 aliphatic heterocycles. The van der Waals surface area contributed by atoms with Crippen LogP contribution in [0.1, 0.15) is 26.3 Å². The van der Waals surface area contributed by atoms with Crippen molar-refractivity contribution >= 4 is 21.6 Å². The second-order valence-electron chi connectivity index (χ2n) is 5.66. The van der Waals surface area contributed by atoms with Crippen LogP contribution in [0.15, 0.2) is 22.7 Å². The first-order valence-electron chi connectivity index (χ1n) is 6.76. The van der Waals surface area contributed by atoms with Gasteiger partial charge >= 0.3 is 0 Å². The molecule has 1 N–H and O–H groups in total. The first-order valence-corrected chi connectivity index (χ1v) is 7.55. The van der Waals surface area contributed by atoms with Gasteiger partial charge < -0.3 is 10.2 Å². The van der Waals surface area contributed by atoms with E-state index < -0.39 is 0 Å². The van der Waals surface area contributed by atoms with Crippen LogP contribution < -0.4 is 10.2 Å². The Labute approximate surface area is 119 Å². The molecule has 1 aromatic carbocycles. The van der Waals surface area contributed by atoms with Gasteiger partial charge in [0.1, 0.15) is 0 Å². The SMILES string of the molecule is Cc1c(Br)cccc1N1CC(C)NCC1C(C)C. The summed E-state index contributed by atoms with van der Waals surface area (Å²) in [6, 6.07) is 7.63. The molecule has 2 nitrogen and oxygen atoms in total. The lowest BCUT2D eigenvalue weighted by Gasteiger charge is -2.43. The fourth-order valence-corrected chi connectivity index (χ4v) is 3.06.